The Morgan fingerprint density at radius 3 is 3.20 bits per heavy atom. The smallest absolute Gasteiger partial charge is 0.270 e. The number of hydrogen-bond donors (Lipinski definition) is 2. The summed E-state index contributed by atoms with van der Waals surface area (Å²) in [6, 6.07) is 0. The summed E-state index contributed by atoms with van der Waals surface area (Å²) in [5, 5.41) is 4.84. The molecule has 0 atom stereocenters. The molecule has 1 rings (SSSR count). The predicted molar refractivity (Wildman–Crippen MR) is 66.4 cm³/mol. The number of carbonyl (C=O) groups is 1. The van der Waals surface area contributed by atoms with Crippen LogP contribution in [0.3, 0.4) is 0 Å². The van der Waals surface area contributed by atoms with Crippen LogP contribution in [0.4, 0.5) is 5.13 Å². The van der Waals surface area contributed by atoms with Gasteiger partial charge in [0, 0.05) is 23.4 Å². The zero-order valence-electron chi connectivity index (χ0n) is 8.23. The van der Waals surface area contributed by atoms with Gasteiger partial charge in [0.1, 0.15) is 5.69 Å². The van der Waals surface area contributed by atoms with E-state index >= 15 is 0 Å². The molecule has 0 radical (unpaired) electrons. The van der Waals surface area contributed by atoms with Gasteiger partial charge in [0.25, 0.3) is 5.91 Å². The van der Waals surface area contributed by atoms with Gasteiger partial charge in [-0.1, -0.05) is 6.08 Å². The van der Waals surface area contributed by atoms with Crippen molar-refractivity contribution in [1.82, 2.24) is 10.3 Å². The predicted octanol–water partition coefficient (Wildman–Crippen LogP) is 1.37. The SMILES string of the molecule is C=CCSCCNC(=O)c1csc(N)n1. The highest BCUT2D eigenvalue weighted by Gasteiger charge is 2.07. The van der Waals surface area contributed by atoms with Crippen molar-refractivity contribution in [1.29, 1.82) is 0 Å². The maximum Gasteiger partial charge on any atom is 0.270 e. The minimum Gasteiger partial charge on any atom is -0.375 e. The standard InChI is InChI=1S/C9H13N3OS2/c1-2-4-14-5-3-11-8(13)7-6-15-9(10)12-7/h2,6H,1,3-5H2,(H2,10,12)(H,11,13). The molecule has 1 aromatic rings. The first kappa shape index (κ1) is 12.1. The Balaban J connectivity index is 2.22. The molecule has 4 nitrogen and oxygen atoms in total. The second kappa shape index (κ2) is 6.47. The van der Waals surface area contributed by atoms with Gasteiger partial charge < -0.3 is 11.1 Å². The van der Waals surface area contributed by atoms with E-state index in [0.717, 1.165) is 11.5 Å². The number of thiazole rings is 1. The molecule has 0 unspecified atom stereocenters. The molecule has 0 aliphatic heterocycles. The van der Waals surface area contributed by atoms with Gasteiger partial charge in [-0.25, -0.2) is 4.98 Å². The number of hydrogen-bond acceptors (Lipinski definition) is 5. The Morgan fingerprint density at radius 2 is 2.60 bits per heavy atom. The van der Waals surface area contributed by atoms with Crippen molar-refractivity contribution in [3.05, 3.63) is 23.7 Å². The first-order valence-corrected chi connectivity index (χ1v) is 6.45. The second-order valence-electron chi connectivity index (χ2n) is 2.69. The fourth-order valence-corrected chi connectivity index (χ4v) is 2.01. The highest BCUT2D eigenvalue weighted by Crippen LogP contribution is 2.10. The summed E-state index contributed by atoms with van der Waals surface area (Å²) < 4.78 is 0. The number of anilines is 1. The van der Waals surface area contributed by atoms with E-state index in [-0.39, 0.29) is 5.91 Å². The fraction of sp³-hybridized carbons (Fsp3) is 0.333. The van der Waals surface area contributed by atoms with E-state index in [1.807, 2.05) is 6.08 Å². The van der Waals surface area contributed by atoms with Crippen LogP contribution in [0.1, 0.15) is 10.5 Å². The van der Waals surface area contributed by atoms with Crippen LogP contribution in [0.25, 0.3) is 0 Å². The monoisotopic (exact) mass is 243 g/mol. The van der Waals surface area contributed by atoms with Crippen LogP contribution >= 0.6 is 23.1 Å². The molecule has 0 aromatic carbocycles. The van der Waals surface area contributed by atoms with Gasteiger partial charge in [0.15, 0.2) is 5.13 Å². The summed E-state index contributed by atoms with van der Waals surface area (Å²) >= 11 is 2.99. The van der Waals surface area contributed by atoms with Gasteiger partial charge in [0.05, 0.1) is 0 Å². The summed E-state index contributed by atoms with van der Waals surface area (Å²) in [6.45, 7) is 4.25. The first-order valence-electron chi connectivity index (χ1n) is 4.42. The maximum absolute atomic E-state index is 11.4. The topological polar surface area (TPSA) is 68.0 Å². The largest absolute Gasteiger partial charge is 0.375 e. The zero-order valence-corrected chi connectivity index (χ0v) is 9.87. The number of carbonyl (C=O) groups excluding carboxylic acids is 1. The molecule has 15 heavy (non-hydrogen) atoms. The Hall–Kier alpha value is -1.01. The van der Waals surface area contributed by atoms with E-state index in [2.05, 4.69) is 16.9 Å². The number of nitrogens with two attached hydrogens (primary N) is 1. The van der Waals surface area contributed by atoms with E-state index in [1.54, 1.807) is 17.1 Å². The number of nitrogens with zero attached hydrogens (tertiary/aromatic N) is 1. The van der Waals surface area contributed by atoms with Crippen LogP contribution in [-0.2, 0) is 0 Å². The van der Waals surface area contributed by atoms with E-state index in [4.69, 9.17) is 5.73 Å². The van der Waals surface area contributed by atoms with Crippen molar-refractivity contribution in [3.8, 4) is 0 Å². The minimum absolute atomic E-state index is 0.165. The molecule has 0 aliphatic carbocycles. The zero-order chi connectivity index (χ0) is 11.1. The van der Waals surface area contributed by atoms with Crippen molar-refractivity contribution in [2.24, 2.45) is 0 Å². The lowest BCUT2D eigenvalue weighted by atomic mass is 10.4. The lowest BCUT2D eigenvalue weighted by Crippen LogP contribution is -2.26. The summed E-state index contributed by atoms with van der Waals surface area (Å²) in [4.78, 5) is 15.3. The number of rotatable bonds is 6. The van der Waals surface area contributed by atoms with Crippen LogP contribution in [0, 0.1) is 0 Å². The first-order chi connectivity index (χ1) is 7.24. The number of amides is 1. The van der Waals surface area contributed by atoms with Gasteiger partial charge in [-0.05, 0) is 0 Å². The van der Waals surface area contributed by atoms with Crippen LogP contribution in [0.5, 0.6) is 0 Å². The molecule has 0 saturated heterocycles. The summed E-state index contributed by atoms with van der Waals surface area (Å²) in [6.07, 6.45) is 1.84. The van der Waals surface area contributed by atoms with Gasteiger partial charge in [-0.3, -0.25) is 4.79 Å². The number of aromatic nitrogens is 1. The van der Waals surface area contributed by atoms with Crippen molar-refractivity contribution in [3.63, 3.8) is 0 Å². The van der Waals surface area contributed by atoms with Gasteiger partial charge >= 0.3 is 0 Å². The lowest BCUT2D eigenvalue weighted by Gasteiger charge is -2.01. The summed E-state index contributed by atoms with van der Waals surface area (Å²) in [7, 11) is 0. The molecule has 3 N–H and O–H groups in total. The molecular weight excluding hydrogens is 230 g/mol. The van der Waals surface area contributed by atoms with E-state index in [9.17, 15) is 4.79 Å². The third kappa shape index (κ3) is 4.35. The van der Waals surface area contributed by atoms with Crippen LogP contribution in [0.15, 0.2) is 18.0 Å². The van der Waals surface area contributed by atoms with Crippen LogP contribution in [-0.4, -0.2) is 28.9 Å². The Kier molecular flexibility index (Phi) is 5.20. The van der Waals surface area contributed by atoms with Gasteiger partial charge in [-0.15, -0.1) is 17.9 Å². The maximum atomic E-state index is 11.4. The molecule has 0 bridgehead atoms. The van der Waals surface area contributed by atoms with E-state index < -0.39 is 0 Å². The molecule has 82 valence electrons. The van der Waals surface area contributed by atoms with E-state index in [1.165, 1.54) is 11.3 Å². The second-order valence-corrected chi connectivity index (χ2v) is 4.73. The van der Waals surface area contributed by atoms with Crippen molar-refractivity contribution in [2.75, 3.05) is 23.8 Å². The Labute approximate surface area is 97.0 Å². The van der Waals surface area contributed by atoms with Crippen LogP contribution in [0.2, 0.25) is 0 Å². The summed E-state index contributed by atoms with van der Waals surface area (Å²) in [5.74, 6) is 1.61. The molecule has 6 heteroatoms. The molecular formula is C9H13N3OS2. The third-order valence-corrected chi connectivity index (χ3v) is 3.16. The fourth-order valence-electron chi connectivity index (χ4n) is 0.886. The molecule has 1 amide bonds. The molecule has 0 saturated carbocycles. The van der Waals surface area contributed by atoms with Gasteiger partial charge in [-0.2, -0.15) is 11.8 Å². The average molecular weight is 243 g/mol. The molecule has 0 spiro atoms. The number of thioether (sulfide) groups is 1. The average Bonchev–Trinajstić information content (AvgIpc) is 2.64. The lowest BCUT2D eigenvalue weighted by molar-refractivity contribution is 0.0952. The molecule has 0 fully saturated rings. The third-order valence-electron chi connectivity index (χ3n) is 1.52. The van der Waals surface area contributed by atoms with Crippen molar-refractivity contribution < 1.29 is 4.79 Å². The number of nitrogens with one attached hydrogen (secondary N) is 1. The van der Waals surface area contributed by atoms with Crippen molar-refractivity contribution >= 4 is 34.1 Å². The number of nitrogen functional groups attached to an aromatic ring is 1. The van der Waals surface area contributed by atoms with Gasteiger partial charge in [0.2, 0.25) is 0 Å². The van der Waals surface area contributed by atoms with E-state index in [0.29, 0.717) is 17.4 Å². The van der Waals surface area contributed by atoms with Crippen LogP contribution < -0.4 is 11.1 Å². The Bertz CT molecular complexity index is 338. The summed E-state index contributed by atoms with van der Waals surface area (Å²) in [5.41, 5.74) is 5.82. The minimum atomic E-state index is -0.165. The quantitative estimate of drug-likeness (QED) is 0.585. The normalized spacial score (nSPS) is 9.87. The highest BCUT2D eigenvalue weighted by molar-refractivity contribution is 7.99. The highest BCUT2D eigenvalue weighted by atomic mass is 32.2. The Morgan fingerprint density at radius 1 is 1.80 bits per heavy atom. The molecule has 0 aliphatic rings. The van der Waals surface area contributed by atoms with Crippen molar-refractivity contribution in [2.45, 2.75) is 0 Å². The molecule has 1 aromatic heterocycles. The molecule has 1 heterocycles.